The largest absolute Gasteiger partial charge is 0.476 e. The molecule has 0 aliphatic carbocycles. The molecule has 3 N–H and O–H groups in total. The van der Waals surface area contributed by atoms with Crippen LogP contribution in [0.3, 0.4) is 0 Å². The Bertz CT molecular complexity index is 1180. The van der Waals surface area contributed by atoms with E-state index in [1.807, 2.05) is 24.3 Å². The number of nitrogens with zero attached hydrogens (tertiary/aromatic N) is 2. The highest BCUT2D eigenvalue weighted by molar-refractivity contribution is 5.79. The SMILES string of the molecule is NCc1cccc(-c2ncc(OCC3CCNCC3)nc2-c2ccc(-c3ccoc3)cc2)c1. The van der Waals surface area contributed by atoms with Gasteiger partial charge in [0.05, 0.1) is 31.0 Å². The van der Waals surface area contributed by atoms with Gasteiger partial charge in [0.2, 0.25) is 5.88 Å². The third-order valence-corrected chi connectivity index (χ3v) is 6.13. The molecular weight excluding hydrogens is 412 g/mol. The average Bonchev–Trinajstić information content (AvgIpc) is 3.43. The fourth-order valence-corrected chi connectivity index (χ4v) is 4.20. The monoisotopic (exact) mass is 440 g/mol. The molecule has 1 saturated heterocycles. The molecule has 0 bridgehead atoms. The van der Waals surface area contributed by atoms with Gasteiger partial charge in [-0.15, -0.1) is 0 Å². The van der Waals surface area contributed by atoms with E-state index in [1.165, 1.54) is 0 Å². The number of hydrogen-bond acceptors (Lipinski definition) is 6. The van der Waals surface area contributed by atoms with Crippen molar-refractivity contribution in [2.24, 2.45) is 11.7 Å². The molecule has 2 aromatic carbocycles. The Morgan fingerprint density at radius 3 is 2.52 bits per heavy atom. The highest BCUT2D eigenvalue weighted by Gasteiger charge is 2.17. The first kappa shape index (κ1) is 21.4. The minimum absolute atomic E-state index is 0.480. The second kappa shape index (κ2) is 9.98. The van der Waals surface area contributed by atoms with Crippen LogP contribution in [0, 0.1) is 5.92 Å². The average molecular weight is 441 g/mol. The number of ether oxygens (including phenoxy) is 1. The lowest BCUT2D eigenvalue weighted by atomic mass is 9.99. The molecule has 5 rings (SSSR count). The molecule has 0 radical (unpaired) electrons. The third kappa shape index (κ3) is 4.97. The van der Waals surface area contributed by atoms with E-state index in [9.17, 15) is 0 Å². The van der Waals surface area contributed by atoms with Crippen molar-refractivity contribution in [3.63, 3.8) is 0 Å². The number of benzene rings is 2. The number of piperidine rings is 1. The van der Waals surface area contributed by atoms with Crippen LogP contribution in [-0.4, -0.2) is 29.7 Å². The Morgan fingerprint density at radius 2 is 1.76 bits per heavy atom. The summed E-state index contributed by atoms with van der Waals surface area (Å²) in [6, 6.07) is 18.4. The van der Waals surface area contributed by atoms with E-state index in [4.69, 9.17) is 24.9 Å². The maximum Gasteiger partial charge on any atom is 0.232 e. The van der Waals surface area contributed by atoms with Crippen LogP contribution in [0.1, 0.15) is 18.4 Å². The molecular formula is C27H28N4O2. The van der Waals surface area contributed by atoms with E-state index >= 15 is 0 Å². The van der Waals surface area contributed by atoms with Crippen molar-refractivity contribution in [3.05, 3.63) is 78.9 Å². The highest BCUT2D eigenvalue weighted by Crippen LogP contribution is 2.32. The van der Waals surface area contributed by atoms with Crippen molar-refractivity contribution in [1.29, 1.82) is 0 Å². The maximum absolute atomic E-state index is 6.09. The molecule has 0 amide bonds. The second-order valence-electron chi connectivity index (χ2n) is 8.40. The van der Waals surface area contributed by atoms with Crippen LogP contribution >= 0.6 is 0 Å². The normalized spacial score (nSPS) is 14.3. The summed E-state index contributed by atoms with van der Waals surface area (Å²) in [4.78, 5) is 9.68. The van der Waals surface area contributed by atoms with E-state index in [0.717, 1.165) is 65.1 Å². The van der Waals surface area contributed by atoms with Crippen molar-refractivity contribution >= 4 is 0 Å². The van der Waals surface area contributed by atoms with E-state index in [1.54, 1.807) is 18.7 Å². The fourth-order valence-electron chi connectivity index (χ4n) is 4.20. The Hall–Kier alpha value is -3.48. The fraction of sp³-hybridized carbons (Fsp3) is 0.259. The zero-order valence-electron chi connectivity index (χ0n) is 18.5. The van der Waals surface area contributed by atoms with Crippen LogP contribution in [0.15, 0.2) is 77.7 Å². The van der Waals surface area contributed by atoms with Gasteiger partial charge in [-0.2, -0.15) is 0 Å². The summed E-state index contributed by atoms with van der Waals surface area (Å²) in [6.45, 7) is 3.24. The molecule has 6 nitrogen and oxygen atoms in total. The second-order valence-corrected chi connectivity index (χ2v) is 8.40. The lowest BCUT2D eigenvalue weighted by molar-refractivity contribution is 0.208. The van der Waals surface area contributed by atoms with Crippen LogP contribution in [0.2, 0.25) is 0 Å². The maximum atomic E-state index is 6.09. The predicted molar refractivity (Wildman–Crippen MR) is 130 cm³/mol. The first-order valence-corrected chi connectivity index (χ1v) is 11.4. The lowest BCUT2D eigenvalue weighted by Gasteiger charge is -2.22. The van der Waals surface area contributed by atoms with Gasteiger partial charge in [0.1, 0.15) is 5.69 Å². The molecule has 168 valence electrons. The number of nitrogens with two attached hydrogens (primary N) is 1. The number of nitrogens with one attached hydrogen (secondary N) is 1. The van der Waals surface area contributed by atoms with Gasteiger partial charge in [0.25, 0.3) is 0 Å². The highest BCUT2D eigenvalue weighted by atomic mass is 16.5. The van der Waals surface area contributed by atoms with E-state index in [0.29, 0.717) is 24.9 Å². The van der Waals surface area contributed by atoms with Crippen molar-refractivity contribution < 1.29 is 9.15 Å². The van der Waals surface area contributed by atoms with Gasteiger partial charge < -0.3 is 20.2 Å². The molecule has 0 spiro atoms. The molecule has 0 unspecified atom stereocenters. The van der Waals surface area contributed by atoms with Gasteiger partial charge in [-0.05, 0) is 55.1 Å². The topological polar surface area (TPSA) is 86.2 Å². The molecule has 33 heavy (non-hydrogen) atoms. The van der Waals surface area contributed by atoms with E-state index < -0.39 is 0 Å². The van der Waals surface area contributed by atoms with Crippen molar-refractivity contribution in [2.75, 3.05) is 19.7 Å². The predicted octanol–water partition coefficient (Wildman–Crippen LogP) is 4.91. The van der Waals surface area contributed by atoms with Crippen molar-refractivity contribution in [2.45, 2.75) is 19.4 Å². The van der Waals surface area contributed by atoms with Gasteiger partial charge >= 0.3 is 0 Å². The summed E-state index contributed by atoms with van der Waals surface area (Å²) < 4.78 is 11.3. The molecule has 1 fully saturated rings. The van der Waals surface area contributed by atoms with Crippen molar-refractivity contribution in [1.82, 2.24) is 15.3 Å². The van der Waals surface area contributed by atoms with Gasteiger partial charge in [0, 0.05) is 23.2 Å². The zero-order valence-corrected chi connectivity index (χ0v) is 18.5. The zero-order chi connectivity index (χ0) is 22.5. The summed E-state index contributed by atoms with van der Waals surface area (Å²) in [5.74, 6) is 1.10. The van der Waals surface area contributed by atoms with E-state index in [-0.39, 0.29) is 0 Å². The van der Waals surface area contributed by atoms with E-state index in [2.05, 4.69) is 35.6 Å². The quantitative estimate of drug-likeness (QED) is 0.425. The standard InChI is InChI=1S/C27H28N4O2/c28-15-20-2-1-3-23(14-20)26-27(22-6-4-21(5-7-22)24-10-13-32-18-24)31-25(16-30-26)33-17-19-8-11-29-12-9-19/h1-7,10,13-14,16,18-19,29H,8-9,11-12,15,17,28H2. The van der Waals surface area contributed by atoms with Crippen LogP contribution in [-0.2, 0) is 6.54 Å². The Kier molecular flexibility index (Phi) is 6.46. The molecule has 3 heterocycles. The van der Waals surface area contributed by atoms with Crippen LogP contribution in [0.25, 0.3) is 33.6 Å². The molecule has 6 heteroatoms. The molecule has 1 aliphatic rings. The Morgan fingerprint density at radius 1 is 0.939 bits per heavy atom. The number of hydrogen-bond donors (Lipinski definition) is 2. The van der Waals surface area contributed by atoms with Gasteiger partial charge in [-0.1, -0.05) is 42.5 Å². The minimum Gasteiger partial charge on any atom is -0.476 e. The molecule has 0 saturated carbocycles. The summed E-state index contributed by atoms with van der Waals surface area (Å²) in [5, 5.41) is 3.39. The minimum atomic E-state index is 0.480. The molecule has 2 aromatic heterocycles. The molecule has 4 aromatic rings. The summed E-state index contributed by atoms with van der Waals surface area (Å²) in [5.41, 5.74) is 12.6. The number of aromatic nitrogens is 2. The Balaban J connectivity index is 1.48. The first-order valence-electron chi connectivity index (χ1n) is 11.4. The van der Waals surface area contributed by atoms with Gasteiger partial charge in [0.15, 0.2) is 0 Å². The smallest absolute Gasteiger partial charge is 0.232 e. The number of rotatable bonds is 7. The summed E-state index contributed by atoms with van der Waals surface area (Å²) >= 11 is 0. The number of furan rings is 1. The third-order valence-electron chi connectivity index (χ3n) is 6.13. The summed E-state index contributed by atoms with van der Waals surface area (Å²) in [6.07, 6.45) is 7.41. The lowest BCUT2D eigenvalue weighted by Crippen LogP contribution is -2.30. The summed E-state index contributed by atoms with van der Waals surface area (Å²) in [7, 11) is 0. The first-order chi connectivity index (χ1) is 16.3. The van der Waals surface area contributed by atoms with Crippen LogP contribution in [0.5, 0.6) is 5.88 Å². The molecule has 0 atom stereocenters. The Labute approximate surface area is 193 Å². The molecule has 1 aliphatic heterocycles. The van der Waals surface area contributed by atoms with Gasteiger partial charge in [-0.25, -0.2) is 9.97 Å². The van der Waals surface area contributed by atoms with Gasteiger partial charge in [-0.3, -0.25) is 0 Å². The van der Waals surface area contributed by atoms with Crippen molar-refractivity contribution in [3.8, 4) is 39.5 Å². The van der Waals surface area contributed by atoms with Crippen LogP contribution < -0.4 is 15.8 Å². The van der Waals surface area contributed by atoms with Crippen LogP contribution in [0.4, 0.5) is 0 Å².